The number of carbonyl (C=O) groups is 2. The van der Waals surface area contributed by atoms with Crippen LogP contribution in [0.2, 0.25) is 10.0 Å². The van der Waals surface area contributed by atoms with Gasteiger partial charge in [0.05, 0.1) is 0 Å². The van der Waals surface area contributed by atoms with E-state index in [4.69, 9.17) is 51.1 Å². The first-order valence-corrected chi connectivity index (χ1v) is 7.92. The number of carbonyl (C=O) groups excluding carboxylic acids is 2. The third-order valence-electron chi connectivity index (χ3n) is 3.49. The van der Waals surface area contributed by atoms with E-state index >= 15 is 0 Å². The Balaban J connectivity index is 1.97. The molecular weight excluding hydrogens is 372 g/mol. The van der Waals surface area contributed by atoms with Gasteiger partial charge >= 0.3 is 5.97 Å². The Kier molecular flexibility index (Phi) is 4.88. The second kappa shape index (κ2) is 6.08. The van der Waals surface area contributed by atoms with Gasteiger partial charge in [0.15, 0.2) is 6.10 Å². The number of esters is 1. The van der Waals surface area contributed by atoms with Gasteiger partial charge in [-0.2, -0.15) is 0 Å². The lowest BCUT2D eigenvalue weighted by Crippen LogP contribution is -2.33. The average Bonchev–Trinajstić information content (AvgIpc) is 2.88. The Morgan fingerprint density at radius 2 is 1.73 bits per heavy atom. The minimum Gasteiger partial charge on any atom is -0.452 e. The van der Waals surface area contributed by atoms with E-state index in [9.17, 15) is 9.59 Å². The molecule has 4 nitrogen and oxygen atoms in total. The molecule has 120 valence electrons. The van der Waals surface area contributed by atoms with Crippen LogP contribution in [0, 0.1) is 5.41 Å². The molecule has 1 fully saturated rings. The molecule has 0 spiro atoms. The topological polar surface area (TPSA) is 55.4 Å². The number of amides is 1. The van der Waals surface area contributed by atoms with Gasteiger partial charge in [0.25, 0.3) is 5.91 Å². The van der Waals surface area contributed by atoms with Crippen molar-refractivity contribution in [3.63, 3.8) is 0 Å². The van der Waals surface area contributed by atoms with E-state index in [1.54, 1.807) is 6.92 Å². The second-order valence-corrected chi connectivity index (χ2v) is 7.77. The van der Waals surface area contributed by atoms with Crippen LogP contribution >= 0.6 is 46.4 Å². The maximum atomic E-state index is 12.0. The van der Waals surface area contributed by atoms with Gasteiger partial charge in [-0.1, -0.05) is 23.2 Å². The summed E-state index contributed by atoms with van der Waals surface area (Å²) in [5, 5.41) is 3.33. The number of hydrogen-bond donors (Lipinski definition) is 1. The first-order valence-electron chi connectivity index (χ1n) is 6.41. The summed E-state index contributed by atoms with van der Waals surface area (Å²) in [6.07, 6.45) is -0.716. The number of halogens is 4. The summed E-state index contributed by atoms with van der Waals surface area (Å²) >= 11 is 23.5. The lowest BCUT2D eigenvalue weighted by atomic mass is 10.1. The third-order valence-corrected chi connectivity index (χ3v) is 5.03. The molecular formula is C14H13Cl4NO3. The fourth-order valence-electron chi connectivity index (χ4n) is 1.84. The number of benzene rings is 1. The largest absolute Gasteiger partial charge is 0.452 e. The van der Waals surface area contributed by atoms with Crippen LogP contribution in [-0.4, -0.2) is 22.3 Å². The summed E-state index contributed by atoms with van der Waals surface area (Å²) < 4.78 is 3.98. The molecule has 0 heterocycles. The van der Waals surface area contributed by atoms with Crippen LogP contribution in [0.4, 0.5) is 5.69 Å². The Hall–Kier alpha value is -0.680. The fraction of sp³-hybridized carbons (Fsp3) is 0.429. The highest BCUT2D eigenvalue weighted by atomic mass is 35.5. The van der Waals surface area contributed by atoms with Crippen molar-refractivity contribution in [2.75, 3.05) is 5.32 Å². The fourth-order valence-corrected chi connectivity index (χ4v) is 3.05. The Morgan fingerprint density at radius 1 is 1.23 bits per heavy atom. The van der Waals surface area contributed by atoms with Crippen LogP contribution in [0.25, 0.3) is 0 Å². The molecule has 22 heavy (non-hydrogen) atoms. The Bertz CT molecular complexity index is 614. The van der Waals surface area contributed by atoms with Crippen LogP contribution < -0.4 is 5.32 Å². The third kappa shape index (κ3) is 3.62. The highest BCUT2D eigenvalue weighted by molar-refractivity contribution is 6.53. The van der Waals surface area contributed by atoms with Gasteiger partial charge in [-0.15, -0.1) is 23.2 Å². The predicted octanol–water partition coefficient (Wildman–Crippen LogP) is 4.45. The molecule has 0 radical (unpaired) electrons. The van der Waals surface area contributed by atoms with E-state index in [1.807, 2.05) is 0 Å². The van der Waals surface area contributed by atoms with Crippen molar-refractivity contribution in [2.45, 2.75) is 30.7 Å². The zero-order valence-corrected chi connectivity index (χ0v) is 14.8. The minimum absolute atomic E-state index is 0.292. The Morgan fingerprint density at radius 3 is 2.18 bits per heavy atom. The summed E-state index contributed by atoms with van der Waals surface area (Å²) in [4.78, 5) is 24.0. The van der Waals surface area contributed by atoms with Crippen LogP contribution in [-0.2, 0) is 14.3 Å². The lowest BCUT2D eigenvalue weighted by Gasteiger charge is -2.17. The van der Waals surface area contributed by atoms with E-state index in [2.05, 4.69) is 5.32 Å². The summed E-state index contributed by atoms with van der Waals surface area (Å²) in [5.74, 6) is -1.12. The monoisotopic (exact) mass is 383 g/mol. The molecule has 2 rings (SSSR count). The normalized spacial score (nSPS) is 23.5. The van der Waals surface area contributed by atoms with Gasteiger partial charge in [0, 0.05) is 22.2 Å². The van der Waals surface area contributed by atoms with Crippen molar-refractivity contribution >= 4 is 64.0 Å². The van der Waals surface area contributed by atoms with Crippen molar-refractivity contribution in [1.29, 1.82) is 0 Å². The van der Waals surface area contributed by atoms with Crippen LogP contribution in [0.5, 0.6) is 0 Å². The zero-order chi connectivity index (χ0) is 16.7. The number of hydrogen-bond acceptors (Lipinski definition) is 3. The quantitative estimate of drug-likeness (QED) is 0.616. The van der Waals surface area contributed by atoms with Crippen LogP contribution in [0.1, 0.15) is 20.3 Å². The number of ether oxygens (including phenoxy) is 1. The van der Waals surface area contributed by atoms with Crippen molar-refractivity contribution in [1.82, 2.24) is 0 Å². The number of nitrogens with one attached hydrogen (secondary N) is 1. The van der Waals surface area contributed by atoms with E-state index in [0.29, 0.717) is 22.2 Å². The second-order valence-electron chi connectivity index (χ2n) is 5.41. The predicted molar refractivity (Wildman–Crippen MR) is 87.8 cm³/mol. The van der Waals surface area contributed by atoms with Gasteiger partial charge in [-0.3, -0.25) is 9.59 Å². The summed E-state index contributed by atoms with van der Waals surface area (Å²) in [5.41, 5.74) is -0.573. The number of alkyl halides is 2. The van der Waals surface area contributed by atoms with E-state index in [0.717, 1.165) is 0 Å². The minimum atomic E-state index is -1.14. The first-order chi connectivity index (χ1) is 10.0. The highest BCUT2D eigenvalue weighted by Gasteiger charge is 2.69. The summed E-state index contributed by atoms with van der Waals surface area (Å²) in [6.45, 7) is 3.05. The molecule has 0 aromatic heterocycles. The highest BCUT2D eigenvalue weighted by Crippen LogP contribution is 2.64. The van der Waals surface area contributed by atoms with Gasteiger partial charge in [0.1, 0.15) is 9.75 Å². The van der Waals surface area contributed by atoms with E-state index in [-0.39, 0.29) is 0 Å². The van der Waals surface area contributed by atoms with E-state index < -0.39 is 27.7 Å². The van der Waals surface area contributed by atoms with Gasteiger partial charge in [-0.25, -0.2) is 0 Å². The van der Waals surface area contributed by atoms with Crippen molar-refractivity contribution < 1.29 is 14.3 Å². The molecule has 1 amide bonds. The molecule has 1 aromatic carbocycles. The SMILES string of the molecule is CC(OC(=O)C1(C)CC1(Cl)Cl)C(=O)Nc1cc(Cl)cc(Cl)c1. The smallest absolute Gasteiger partial charge is 0.315 e. The molecule has 8 heteroatoms. The van der Waals surface area contributed by atoms with Crippen LogP contribution in [0.3, 0.4) is 0 Å². The number of rotatable bonds is 4. The Labute approximate surface area is 148 Å². The molecule has 1 aliphatic rings. The van der Waals surface area contributed by atoms with Gasteiger partial charge in [-0.05, 0) is 32.0 Å². The molecule has 0 bridgehead atoms. The summed E-state index contributed by atoms with van der Waals surface area (Å²) in [7, 11) is 0. The summed E-state index contributed by atoms with van der Waals surface area (Å²) in [6, 6.07) is 4.60. The molecule has 1 aliphatic carbocycles. The first kappa shape index (κ1) is 17.7. The molecule has 2 atom stereocenters. The van der Waals surface area contributed by atoms with Crippen molar-refractivity contribution in [3.05, 3.63) is 28.2 Å². The molecule has 2 unspecified atom stereocenters. The maximum Gasteiger partial charge on any atom is 0.315 e. The molecule has 1 N–H and O–H groups in total. The molecule has 1 saturated carbocycles. The maximum absolute atomic E-state index is 12.0. The molecule has 1 aromatic rings. The zero-order valence-electron chi connectivity index (χ0n) is 11.8. The van der Waals surface area contributed by atoms with E-state index in [1.165, 1.54) is 25.1 Å². The average molecular weight is 385 g/mol. The van der Waals surface area contributed by atoms with Crippen LogP contribution in [0.15, 0.2) is 18.2 Å². The van der Waals surface area contributed by atoms with Gasteiger partial charge in [0.2, 0.25) is 0 Å². The number of anilines is 1. The van der Waals surface area contributed by atoms with Crippen molar-refractivity contribution in [2.24, 2.45) is 5.41 Å². The lowest BCUT2D eigenvalue weighted by molar-refractivity contribution is -0.158. The van der Waals surface area contributed by atoms with Crippen molar-refractivity contribution in [3.8, 4) is 0 Å². The van der Waals surface area contributed by atoms with Gasteiger partial charge < -0.3 is 10.1 Å². The molecule has 0 saturated heterocycles. The molecule has 0 aliphatic heterocycles. The standard InChI is InChI=1S/C14H13Cl4NO3/c1-7(22-12(21)13(2)6-14(13,17)18)11(20)19-10-4-8(15)3-9(16)5-10/h3-5,7H,6H2,1-2H3,(H,19,20).